The van der Waals surface area contributed by atoms with E-state index in [9.17, 15) is 4.79 Å². The molecule has 0 aliphatic carbocycles. The third-order valence-corrected chi connectivity index (χ3v) is 6.74. The summed E-state index contributed by atoms with van der Waals surface area (Å²) in [4.78, 5) is 19.7. The number of carbonyl (C=O) groups is 1. The number of hydrogen-bond donors (Lipinski definition) is 0. The lowest BCUT2D eigenvalue weighted by molar-refractivity contribution is 0.0963. The predicted molar refractivity (Wildman–Crippen MR) is 141 cm³/mol. The van der Waals surface area contributed by atoms with Crippen molar-refractivity contribution in [3.8, 4) is 16.9 Å². The zero-order chi connectivity index (χ0) is 25.3. The predicted octanol–water partition coefficient (Wildman–Crippen LogP) is 5.94. The van der Waals surface area contributed by atoms with Crippen LogP contribution in [0.4, 0.5) is 5.69 Å². The number of aryl methyl sites for hydroxylation is 1. The lowest BCUT2D eigenvalue weighted by Gasteiger charge is -2.28. The Morgan fingerprint density at radius 1 is 1.03 bits per heavy atom. The molecule has 1 aromatic carbocycles. The molecule has 0 bridgehead atoms. The van der Waals surface area contributed by atoms with Gasteiger partial charge in [-0.25, -0.2) is 4.68 Å². The number of nitrogens with zero attached hydrogens (tertiary/aromatic N) is 5. The fourth-order valence-electron chi connectivity index (χ4n) is 4.58. The van der Waals surface area contributed by atoms with E-state index in [2.05, 4.69) is 47.0 Å². The topological polar surface area (TPSA) is 77.0 Å². The highest BCUT2D eigenvalue weighted by Gasteiger charge is 2.21. The van der Waals surface area contributed by atoms with Crippen LogP contribution in [0.5, 0.6) is 0 Å². The number of Topliss-reactive ketones (excluding diaryl/α,β-unsaturated/α-hetero) is 1. The van der Waals surface area contributed by atoms with Gasteiger partial charge in [0, 0.05) is 36.7 Å². The maximum absolute atomic E-state index is 12.9. The highest BCUT2D eigenvalue weighted by molar-refractivity contribution is 5.95. The highest BCUT2D eigenvalue weighted by Crippen LogP contribution is 2.27. The molecule has 0 amide bonds. The second-order valence-corrected chi connectivity index (χ2v) is 10.7. The summed E-state index contributed by atoms with van der Waals surface area (Å²) < 4.78 is 7.61. The van der Waals surface area contributed by atoms with Gasteiger partial charge in [-0.05, 0) is 61.6 Å². The van der Waals surface area contributed by atoms with Crippen molar-refractivity contribution in [2.24, 2.45) is 0 Å². The van der Waals surface area contributed by atoms with Gasteiger partial charge in [-0.15, -0.1) is 5.10 Å². The molecule has 7 heteroatoms. The fourth-order valence-corrected chi connectivity index (χ4v) is 4.58. The largest absolute Gasteiger partial charge is 0.457 e. The molecular weight excluding hydrogens is 450 g/mol. The van der Waals surface area contributed by atoms with Crippen LogP contribution in [0.25, 0.3) is 16.9 Å². The molecule has 3 aromatic heterocycles. The molecule has 4 aromatic rings. The number of ketones is 1. The molecule has 0 saturated carbocycles. The maximum atomic E-state index is 12.9. The minimum Gasteiger partial charge on any atom is -0.457 e. The summed E-state index contributed by atoms with van der Waals surface area (Å²) in [7, 11) is 0. The average Bonchev–Trinajstić information content (AvgIpc) is 3.57. The first-order valence-electron chi connectivity index (χ1n) is 12.6. The van der Waals surface area contributed by atoms with Crippen molar-refractivity contribution < 1.29 is 9.21 Å². The van der Waals surface area contributed by atoms with Crippen LogP contribution in [-0.4, -0.2) is 38.9 Å². The van der Waals surface area contributed by atoms with Crippen LogP contribution in [0, 0.1) is 6.92 Å². The molecule has 1 aliphatic rings. The fraction of sp³-hybridized carbons (Fsp3) is 0.379. The number of hydrogen-bond acceptors (Lipinski definition) is 6. The molecule has 0 unspecified atom stereocenters. The number of piperidine rings is 1. The Labute approximate surface area is 212 Å². The van der Waals surface area contributed by atoms with Crippen molar-refractivity contribution in [1.29, 1.82) is 0 Å². The van der Waals surface area contributed by atoms with Crippen molar-refractivity contribution in [1.82, 2.24) is 20.0 Å². The van der Waals surface area contributed by atoms with E-state index >= 15 is 0 Å². The van der Waals surface area contributed by atoms with E-state index in [0.717, 1.165) is 52.6 Å². The molecule has 1 saturated heterocycles. The summed E-state index contributed by atoms with van der Waals surface area (Å²) in [5.41, 5.74) is 5.56. The number of aromatic nitrogens is 4. The number of furan rings is 1. The molecule has 0 N–H and O–H groups in total. The third-order valence-electron chi connectivity index (χ3n) is 6.74. The van der Waals surface area contributed by atoms with Gasteiger partial charge < -0.3 is 9.32 Å². The molecule has 1 aliphatic heterocycles. The number of pyridine rings is 1. The quantitative estimate of drug-likeness (QED) is 0.316. The Bertz CT molecular complexity index is 1370. The van der Waals surface area contributed by atoms with Crippen molar-refractivity contribution >= 4 is 11.5 Å². The first kappa shape index (κ1) is 24.0. The van der Waals surface area contributed by atoms with Gasteiger partial charge in [0.25, 0.3) is 0 Å². The minimum absolute atomic E-state index is 0.0415. The summed E-state index contributed by atoms with van der Waals surface area (Å²) in [5, 5.41) is 8.82. The van der Waals surface area contributed by atoms with Crippen LogP contribution in [0.3, 0.4) is 0 Å². The molecule has 36 heavy (non-hydrogen) atoms. The highest BCUT2D eigenvalue weighted by atomic mass is 16.3. The number of anilines is 1. The molecule has 5 rings (SSSR count). The van der Waals surface area contributed by atoms with Crippen molar-refractivity contribution in [3.63, 3.8) is 0 Å². The van der Waals surface area contributed by atoms with Gasteiger partial charge in [0.1, 0.15) is 11.5 Å². The molecule has 186 valence electrons. The van der Waals surface area contributed by atoms with Gasteiger partial charge in [0.2, 0.25) is 5.78 Å². The zero-order valence-corrected chi connectivity index (χ0v) is 21.5. The summed E-state index contributed by atoms with van der Waals surface area (Å²) >= 11 is 0. The Kier molecular flexibility index (Phi) is 6.48. The third kappa shape index (κ3) is 5.10. The first-order valence-corrected chi connectivity index (χ1v) is 12.6. The summed E-state index contributed by atoms with van der Waals surface area (Å²) in [6.45, 7) is 10.4. The first-order chi connectivity index (χ1) is 17.3. The van der Waals surface area contributed by atoms with E-state index in [1.807, 2.05) is 49.8 Å². The minimum atomic E-state index is -0.136. The Balaban J connectivity index is 1.36. The van der Waals surface area contributed by atoms with Gasteiger partial charge >= 0.3 is 0 Å². The van der Waals surface area contributed by atoms with Gasteiger partial charge in [-0.3, -0.25) is 9.78 Å². The van der Waals surface area contributed by atoms with Crippen LogP contribution in [0.2, 0.25) is 0 Å². The molecule has 1 fully saturated rings. The van der Waals surface area contributed by atoms with Crippen LogP contribution >= 0.6 is 0 Å². The van der Waals surface area contributed by atoms with E-state index in [1.165, 1.54) is 19.3 Å². The van der Waals surface area contributed by atoms with E-state index < -0.39 is 0 Å². The molecular formula is C29H33N5O2. The van der Waals surface area contributed by atoms with Crippen molar-refractivity contribution in [2.45, 2.75) is 58.8 Å². The normalized spacial score (nSPS) is 14.3. The summed E-state index contributed by atoms with van der Waals surface area (Å²) in [6.07, 6.45) is 9.67. The van der Waals surface area contributed by atoms with Gasteiger partial charge in [0.15, 0.2) is 5.76 Å². The van der Waals surface area contributed by atoms with Gasteiger partial charge in [-0.1, -0.05) is 38.1 Å². The average molecular weight is 484 g/mol. The van der Waals surface area contributed by atoms with Crippen LogP contribution < -0.4 is 4.90 Å². The monoisotopic (exact) mass is 483 g/mol. The second-order valence-electron chi connectivity index (χ2n) is 10.7. The van der Waals surface area contributed by atoms with E-state index in [0.29, 0.717) is 5.76 Å². The standard InChI is InChI=1S/C29H33N5O2/c1-20-8-9-21(15-26(35)27-10-11-28(36-27)29(2,3)4)14-25(20)34-19-24(31-32-34)22-16-23(18-30-17-22)33-12-6-5-7-13-33/h8-11,14,16-19H,5-7,12-13,15H2,1-4H3. The molecule has 7 nitrogen and oxygen atoms in total. The molecule has 4 heterocycles. The molecule has 0 spiro atoms. The van der Waals surface area contributed by atoms with Crippen LogP contribution in [-0.2, 0) is 11.8 Å². The summed E-state index contributed by atoms with van der Waals surface area (Å²) in [5.74, 6) is 1.16. The SMILES string of the molecule is Cc1ccc(CC(=O)c2ccc(C(C)(C)C)o2)cc1-n1cc(-c2cncc(N3CCCCC3)c2)nn1. The van der Waals surface area contributed by atoms with Gasteiger partial charge in [0.05, 0.1) is 23.8 Å². The Hall–Kier alpha value is -3.74. The number of carbonyl (C=O) groups excluding carboxylic acids is 1. The second kappa shape index (κ2) is 9.72. The molecule has 0 radical (unpaired) electrons. The van der Waals surface area contributed by atoms with E-state index in [4.69, 9.17) is 4.42 Å². The van der Waals surface area contributed by atoms with Crippen LogP contribution in [0.1, 0.15) is 67.5 Å². The zero-order valence-electron chi connectivity index (χ0n) is 21.5. The van der Waals surface area contributed by atoms with E-state index in [-0.39, 0.29) is 17.6 Å². The Morgan fingerprint density at radius 2 is 1.83 bits per heavy atom. The number of benzene rings is 1. The maximum Gasteiger partial charge on any atom is 0.202 e. The summed E-state index contributed by atoms with van der Waals surface area (Å²) in [6, 6.07) is 11.8. The van der Waals surface area contributed by atoms with Crippen molar-refractivity contribution in [2.75, 3.05) is 18.0 Å². The van der Waals surface area contributed by atoms with E-state index in [1.54, 1.807) is 10.7 Å². The smallest absolute Gasteiger partial charge is 0.202 e. The van der Waals surface area contributed by atoms with Crippen molar-refractivity contribution in [3.05, 3.63) is 77.6 Å². The molecule has 0 atom stereocenters. The Morgan fingerprint density at radius 3 is 2.58 bits per heavy atom. The lowest BCUT2D eigenvalue weighted by atomic mass is 9.94. The van der Waals surface area contributed by atoms with Gasteiger partial charge in [-0.2, -0.15) is 0 Å². The van der Waals surface area contributed by atoms with Crippen LogP contribution in [0.15, 0.2) is 59.4 Å². The lowest BCUT2D eigenvalue weighted by Crippen LogP contribution is -2.29. The number of rotatable bonds is 6.